The Labute approximate surface area is 405 Å². The largest absolute Gasteiger partial charge is 0.314 e. The van der Waals surface area contributed by atoms with Gasteiger partial charge in [-0.25, -0.2) is 0 Å². The maximum absolute atomic E-state index is 4.00. The fraction of sp³-hybridized carbons (Fsp3) is 0.164. The summed E-state index contributed by atoms with van der Waals surface area (Å²) >= 11 is 0. The lowest BCUT2D eigenvalue weighted by Crippen LogP contribution is -2.26. The minimum absolute atomic E-state index is 0.387. The average molecular weight is 878 g/mol. The van der Waals surface area contributed by atoms with Crippen LogP contribution in [0.15, 0.2) is 228 Å². The van der Waals surface area contributed by atoms with E-state index in [0.29, 0.717) is 0 Å². The fourth-order valence-corrected chi connectivity index (χ4v) is 11.7. The third-order valence-corrected chi connectivity index (χ3v) is 14.7. The molecule has 0 aromatic heterocycles. The standard InChI is InChI=1S/C63H51N.C2H6.C2H2/c1-3-14-42(4-2)44-23-30-52(31-24-44)64(53-32-25-45(26-33-53)43-15-6-5-7-16-43)54-34-27-46(28-35-54)49-29-36-57-58-39-50-37-47-17-8-9-18-48(47)38-51(50)41-62(58)63(61(57)40-49)59-21-12-10-19-55(59)56-20-11-13-22-60(56)63;2*1-2/h3-7,10-23,25-30,32-36,39-41H,8-9,24,31,37-38H2,1-2H3;1-2H3;1-2H/b14-3-,42-4+;;. The van der Waals surface area contributed by atoms with E-state index in [2.05, 4.69) is 232 Å². The molecule has 7 aromatic rings. The first-order valence-electron chi connectivity index (χ1n) is 24.6. The molecule has 0 radical (unpaired) electrons. The summed E-state index contributed by atoms with van der Waals surface area (Å²) in [5.74, 6) is 0. The second kappa shape index (κ2) is 18.9. The molecular formula is C67H59N. The van der Waals surface area contributed by atoms with E-state index in [-0.39, 0.29) is 5.41 Å². The zero-order valence-electron chi connectivity index (χ0n) is 39.9. The topological polar surface area (TPSA) is 3.24 Å². The Hall–Kier alpha value is -7.66. The van der Waals surface area contributed by atoms with Gasteiger partial charge in [-0.15, -0.1) is 12.8 Å². The van der Waals surface area contributed by atoms with Crippen LogP contribution in [0.4, 0.5) is 11.4 Å². The van der Waals surface area contributed by atoms with Crippen molar-refractivity contribution in [3.63, 3.8) is 0 Å². The fourth-order valence-electron chi connectivity index (χ4n) is 11.7. The van der Waals surface area contributed by atoms with Gasteiger partial charge in [-0.3, -0.25) is 0 Å². The summed E-state index contributed by atoms with van der Waals surface area (Å²) in [5.41, 5.74) is 28.0. The van der Waals surface area contributed by atoms with Crippen LogP contribution in [0, 0.1) is 12.8 Å². The molecule has 0 fully saturated rings. The Morgan fingerprint density at radius 2 is 1.01 bits per heavy atom. The molecule has 332 valence electrons. The van der Waals surface area contributed by atoms with Crippen LogP contribution in [0.3, 0.4) is 0 Å². The number of fused-ring (bicyclic) bond motifs is 12. The Bertz CT molecular complexity index is 3200. The molecule has 0 saturated heterocycles. The Balaban J connectivity index is 0.00000131. The molecule has 0 bridgehead atoms. The van der Waals surface area contributed by atoms with Gasteiger partial charge in [-0.2, -0.15) is 0 Å². The van der Waals surface area contributed by atoms with Crippen molar-refractivity contribution in [2.24, 2.45) is 0 Å². The first-order chi connectivity index (χ1) is 33.6. The molecule has 0 aliphatic heterocycles. The number of benzene rings is 7. The molecule has 0 N–H and O–H groups in total. The van der Waals surface area contributed by atoms with Gasteiger partial charge in [0.2, 0.25) is 0 Å². The Morgan fingerprint density at radius 3 is 1.59 bits per heavy atom. The number of anilines is 2. The summed E-state index contributed by atoms with van der Waals surface area (Å²) in [6, 6.07) is 60.0. The monoisotopic (exact) mass is 877 g/mol. The van der Waals surface area contributed by atoms with E-state index < -0.39 is 0 Å². The van der Waals surface area contributed by atoms with Gasteiger partial charge in [-0.05, 0) is 189 Å². The normalized spacial score (nSPS) is 15.6. The van der Waals surface area contributed by atoms with Gasteiger partial charge in [0, 0.05) is 17.1 Å². The molecule has 0 unspecified atom stereocenters. The van der Waals surface area contributed by atoms with Crippen molar-refractivity contribution in [2.45, 2.75) is 71.6 Å². The average Bonchev–Trinajstić information content (AvgIpc) is 3.87. The van der Waals surface area contributed by atoms with Gasteiger partial charge >= 0.3 is 0 Å². The van der Waals surface area contributed by atoms with E-state index in [1.807, 2.05) is 13.8 Å². The highest BCUT2D eigenvalue weighted by Gasteiger charge is 2.52. The lowest BCUT2D eigenvalue weighted by molar-refractivity contribution is 0.789. The predicted molar refractivity (Wildman–Crippen MR) is 290 cm³/mol. The molecule has 1 nitrogen and oxygen atoms in total. The van der Waals surface area contributed by atoms with Crippen molar-refractivity contribution in [3.8, 4) is 57.4 Å². The number of nitrogens with zero attached hydrogens (tertiary/aromatic N) is 1. The van der Waals surface area contributed by atoms with Crippen LogP contribution in [0.1, 0.15) is 86.8 Å². The second-order valence-corrected chi connectivity index (χ2v) is 18.0. The van der Waals surface area contributed by atoms with Crippen LogP contribution in [0.25, 0.3) is 44.5 Å². The molecule has 0 heterocycles. The van der Waals surface area contributed by atoms with Gasteiger partial charge in [0.05, 0.1) is 5.41 Å². The third kappa shape index (κ3) is 7.37. The SMILES string of the molecule is C#C.C/C=C\C(=C/C)C1=CC=C(N(c2ccc(-c3ccccc3)cc2)c2ccc(-c3ccc4c(c3)C3(c5ccccc5-c5ccccc53)c3cc5c(cc3-4)CC3=CCCC=C3C5)cc2)CC1.CC. The van der Waals surface area contributed by atoms with E-state index in [9.17, 15) is 0 Å². The second-order valence-electron chi connectivity index (χ2n) is 18.0. The van der Waals surface area contributed by atoms with Crippen LogP contribution in [-0.2, 0) is 18.3 Å². The molecule has 68 heavy (non-hydrogen) atoms. The van der Waals surface area contributed by atoms with Crippen molar-refractivity contribution in [2.75, 3.05) is 4.90 Å². The van der Waals surface area contributed by atoms with Crippen LogP contribution in [0.5, 0.6) is 0 Å². The van der Waals surface area contributed by atoms with Gasteiger partial charge in [0.1, 0.15) is 0 Å². The number of hydrogen-bond donors (Lipinski definition) is 0. The highest BCUT2D eigenvalue weighted by atomic mass is 15.1. The number of hydrogen-bond acceptors (Lipinski definition) is 1. The minimum Gasteiger partial charge on any atom is -0.314 e. The highest BCUT2D eigenvalue weighted by Crippen LogP contribution is 2.63. The quantitative estimate of drug-likeness (QED) is 0.114. The summed E-state index contributed by atoms with van der Waals surface area (Å²) in [7, 11) is 0. The number of rotatable bonds is 7. The maximum atomic E-state index is 4.00. The number of allylic oxidation sites excluding steroid dienone is 12. The van der Waals surface area contributed by atoms with Crippen molar-refractivity contribution in [1.29, 1.82) is 0 Å². The van der Waals surface area contributed by atoms with Crippen LogP contribution >= 0.6 is 0 Å². The van der Waals surface area contributed by atoms with Gasteiger partial charge in [0.25, 0.3) is 0 Å². The summed E-state index contributed by atoms with van der Waals surface area (Å²) in [6.45, 7) is 8.23. The van der Waals surface area contributed by atoms with Gasteiger partial charge in [-0.1, -0.05) is 178 Å². The lowest BCUT2D eigenvalue weighted by Gasteiger charge is -2.32. The first kappa shape index (κ1) is 44.2. The minimum atomic E-state index is -0.387. The van der Waals surface area contributed by atoms with Crippen LogP contribution < -0.4 is 4.90 Å². The van der Waals surface area contributed by atoms with E-state index in [1.165, 1.54) is 117 Å². The van der Waals surface area contributed by atoms with Crippen LogP contribution in [-0.4, -0.2) is 0 Å². The third-order valence-electron chi connectivity index (χ3n) is 14.7. The number of terminal acetylenes is 1. The van der Waals surface area contributed by atoms with E-state index in [4.69, 9.17) is 0 Å². The van der Waals surface area contributed by atoms with Crippen molar-refractivity contribution < 1.29 is 0 Å². The van der Waals surface area contributed by atoms with E-state index >= 15 is 0 Å². The predicted octanol–water partition coefficient (Wildman–Crippen LogP) is 17.6. The van der Waals surface area contributed by atoms with Crippen molar-refractivity contribution >= 4 is 11.4 Å². The molecule has 12 rings (SSSR count). The Morgan fingerprint density at radius 1 is 0.500 bits per heavy atom. The zero-order chi connectivity index (χ0) is 46.8. The summed E-state index contributed by atoms with van der Waals surface area (Å²) < 4.78 is 0. The van der Waals surface area contributed by atoms with E-state index in [1.54, 1.807) is 0 Å². The Kier molecular flexibility index (Phi) is 12.3. The molecule has 0 saturated carbocycles. The molecule has 7 aromatic carbocycles. The molecule has 5 aliphatic rings. The molecule has 0 atom stereocenters. The summed E-state index contributed by atoms with van der Waals surface area (Å²) in [4.78, 5) is 2.46. The molecular weight excluding hydrogens is 819 g/mol. The summed E-state index contributed by atoms with van der Waals surface area (Å²) in [6.07, 6.45) is 30.6. The lowest BCUT2D eigenvalue weighted by atomic mass is 9.69. The first-order valence-corrected chi connectivity index (χ1v) is 24.6. The zero-order valence-corrected chi connectivity index (χ0v) is 39.9. The van der Waals surface area contributed by atoms with Crippen molar-refractivity contribution in [3.05, 3.63) is 262 Å². The van der Waals surface area contributed by atoms with Crippen molar-refractivity contribution in [1.82, 2.24) is 0 Å². The highest BCUT2D eigenvalue weighted by molar-refractivity contribution is 5.96. The van der Waals surface area contributed by atoms with E-state index in [0.717, 1.165) is 38.5 Å². The maximum Gasteiger partial charge on any atom is 0.0725 e. The molecule has 1 spiro atoms. The molecule has 0 amide bonds. The van der Waals surface area contributed by atoms with Crippen LogP contribution in [0.2, 0.25) is 0 Å². The van der Waals surface area contributed by atoms with Gasteiger partial charge in [0.15, 0.2) is 0 Å². The van der Waals surface area contributed by atoms with Gasteiger partial charge < -0.3 is 4.90 Å². The smallest absolute Gasteiger partial charge is 0.0725 e. The molecule has 1 heteroatoms. The molecule has 5 aliphatic carbocycles. The summed E-state index contributed by atoms with van der Waals surface area (Å²) in [5, 5.41) is 0.